The van der Waals surface area contributed by atoms with Crippen molar-refractivity contribution in [2.24, 2.45) is 0 Å². The number of ether oxygens (including phenoxy) is 1. The van der Waals surface area contributed by atoms with E-state index in [1.165, 1.54) is 18.2 Å². The van der Waals surface area contributed by atoms with Crippen LogP contribution < -0.4 is 21.5 Å². The van der Waals surface area contributed by atoms with E-state index in [-0.39, 0.29) is 35.2 Å². The van der Waals surface area contributed by atoms with Crippen LogP contribution in [0.3, 0.4) is 0 Å². The molecule has 2 heterocycles. The molecule has 4 aromatic rings. The fourth-order valence-corrected chi connectivity index (χ4v) is 2.61. The smallest absolute Gasteiger partial charge is 0.416 e. The van der Waals surface area contributed by atoms with Crippen LogP contribution in [0.4, 0.5) is 36.6 Å². The van der Waals surface area contributed by atoms with Gasteiger partial charge in [0.2, 0.25) is 17.7 Å². The van der Waals surface area contributed by atoms with E-state index in [0.29, 0.717) is 11.3 Å². The predicted octanol–water partition coefficient (Wildman–Crippen LogP) is 4.25. The first-order valence-electron chi connectivity index (χ1n) is 8.72. The van der Waals surface area contributed by atoms with Crippen molar-refractivity contribution in [3.63, 3.8) is 0 Å². The number of nitrogens with zero attached hydrogens (tertiary/aromatic N) is 4. The molecule has 0 unspecified atom stereocenters. The molecule has 0 aliphatic heterocycles. The number of halogens is 3. The SMILES string of the molecule is Nc1cc(Oc2cccc(-c3nnc(Nc4cccc(C(F)(F)F)c4)o3)c2)nc(N)n1. The van der Waals surface area contributed by atoms with Gasteiger partial charge in [-0.2, -0.15) is 23.1 Å². The maximum Gasteiger partial charge on any atom is 0.416 e. The van der Waals surface area contributed by atoms with Crippen LogP contribution in [0.1, 0.15) is 5.56 Å². The van der Waals surface area contributed by atoms with E-state index >= 15 is 0 Å². The van der Waals surface area contributed by atoms with Gasteiger partial charge in [0.25, 0.3) is 0 Å². The zero-order valence-corrected chi connectivity index (χ0v) is 15.6. The molecular weight excluding hydrogens is 415 g/mol. The lowest BCUT2D eigenvalue weighted by atomic mass is 10.2. The van der Waals surface area contributed by atoms with Crippen molar-refractivity contribution in [2.75, 3.05) is 16.8 Å². The molecule has 0 fully saturated rings. The first-order valence-corrected chi connectivity index (χ1v) is 8.72. The Morgan fingerprint density at radius 3 is 2.52 bits per heavy atom. The Bertz CT molecular complexity index is 1210. The molecule has 0 radical (unpaired) electrons. The van der Waals surface area contributed by atoms with Gasteiger partial charge in [0.05, 0.1) is 5.56 Å². The average molecular weight is 429 g/mol. The summed E-state index contributed by atoms with van der Waals surface area (Å²) in [5, 5.41) is 10.4. The first kappa shape index (κ1) is 19.9. The van der Waals surface area contributed by atoms with Crippen molar-refractivity contribution in [1.82, 2.24) is 20.2 Å². The summed E-state index contributed by atoms with van der Waals surface area (Å²) in [6.07, 6.45) is -4.46. The van der Waals surface area contributed by atoms with Crippen LogP contribution in [0.5, 0.6) is 11.6 Å². The summed E-state index contributed by atoms with van der Waals surface area (Å²) >= 11 is 0. The number of anilines is 4. The standard InChI is InChI=1S/C19H14F3N7O2/c20-19(21,22)11-4-2-5-12(8-11)25-18-29-28-16(31-18)10-3-1-6-13(7-10)30-15-9-14(23)26-17(24)27-15/h1-9H,(H,25,29)(H4,23,24,26,27). The average Bonchev–Trinajstić information content (AvgIpc) is 3.15. The van der Waals surface area contributed by atoms with E-state index in [4.69, 9.17) is 20.6 Å². The molecule has 12 heteroatoms. The number of nitrogen functional groups attached to an aromatic ring is 2. The van der Waals surface area contributed by atoms with Gasteiger partial charge in [-0.3, -0.25) is 0 Å². The monoisotopic (exact) mass is 429 g/mol. The van der Waals surface area contributed by atoms with Crippen molar-refractivity contribution in [3.05, 3.63) is 60.2 Å². The molecule has 0 aliphatic carbocycles. The summed E-state index contributed by atoms with van der Waals surface area (Å²) in [4.78, 5) is 7.69. The second-order valence-electron chi connectivity index (χ2n) is 6.24. The number of rotatable bonds is 5. The van der Waals surface area contributed by atoms with Gasteiger partial charge in [-0.1, -0.05) is 17.2 Å². The van der Waals surface area contributed by atoms with Gasteiger partial charge in [0.15, 0.2) is 0 Å². The van der Waals surface area contributed by atoms with Crippen molar-refractivity contribution in [3.8, 4) is 23.1 Å². The molecule has 0 amide bonds. The van der Waals surface area contributed by atoms with Crippen molar-refractivity contribution in [2.45, 2.75) is 6.18 Å². The van der Waals surface area contributed by atoms with Gasteiger partial charge in [0.1, 0.15) is 11.6 Å². The van der Waals surface area contributed by atoms with Crippen LogP contribution in [-0.4, -0.2) is 20.2 Å². The molecule has 5 N–H and O–H groups in total. The molecule has 0 aliphatic rings. The van der Waals surface area contributed by atoms with Crippen molar-refractivity contribution >= 4 is 23.5 Å². The summed E-state index contributed by atoms with van der Waals surface area (Å²) in [6.45, 7) is 0. The number of hydrogen-bond donors (Lipinski definition) is 3. The van der Waals surface area contributed by atoms with Crippen LogP contribution >= 0.6 is 0 Å². The minimum atomic E-state index is -4.46. The summed E-state index contributed by atoms with van der Waals surface area (Å²) in [5.74, 6) is 0.788. The Labute approximate surface area is 172 Å². The molecule has 9 nitrogen and oxygen atoms in total. The Balaban J connectivity index is 1.52. The predicted molar refractivity (Wildman–Crippen MR) is 105 cm³/mol. The van der Waals surface area contributed by atoms with E-state index in [1.807, 2.05) is 0 Å². The van der Waals surface area contributed by atoms with Gasteiger partial charge < -0.3 is 25.9 Å². The molecule has 2 aromatic heterocycles. The fraction of sp³-hybridized carbons (Fsp3) is 0.0526. The lowest BCUT2D eigenvalue weighted by Crippen LogP contribution is -2.05. The number of nitrogens with two attached hydrogens (primary N) is 2. The summed E-state index contributed by atoms with van der Waals surface area (Å²) in [5.41, 5.74) is 11.0. The quantitative estimate of drug-likeness (QED) is 0.425. The summed E-state index contributed by atoms with van der Waals surface area (Å²) in [6, 6.07) is 12.6. The molecular formula is C19H14F3N7O2. The first-order chi connectivity index (χ1) is 14.8. The van der Waals surface area contributed by atoms with E-state index in [0.717, 1.165) is 12.1 Å². The van der Waals surface area contributed by atoms with E-state index in [1.54, 1.807) is 24.3 Å². The second-order valence-corrected chi connectivity index (χ2v) is 6.24. The molecule has 0 spiro atoms. The normalized spacial score (nSPS) is 11.3. The van der Waals surface area contributed by atoms with E-state index in [9.17, 15) is 13.2 Å². The number of benzene rings is 2. The zero-order chi connectivity index (χ0) is 22.0. The van der Waals surface area contributed by atoms with Crippen LogP contribution in [0.15, 0.2) is 59.0 Å². The van der Waals surface area contributed by atoms with Gasteiger partial charge in [-0.05, 0) is 36.4 Å². The maximum atomic E-state index is 12.9. The summed E-state index contributed by atoms with van der Waals surface area (Å²) in [7, 11) is 0. The molecule has 0 saturated carbocycles. The molecule has 0 atom stereocenters. The molecule has 4 rings (SSSR count). The number of nitrogens with one attached hydrogen (secondary N) is 1. The van der Waals surface area contributed by atoms with E-state index in [2.05, 4.69) is 25.5 Å². The lowest BCUT2D eigenvalue weighted by Gasteiger charge is -2.08. The van der Waals surface area contributed by atoms with Gasteiger partial charge in [0, 0.05) is 17.3 Å². The van der Waals surface area contributed by atoms with Crippen LogP contribution in [0, 0.1) is 0 Å². The molecule has 0 saturated heterocycles. The van der Waals surface area contributed by atoms with Gasteiger partial charge in [-0.25, -0.2) is 0 Å². The number of alkyl halides is 3. The Morgan fingerprint density at radius 1 is 0.935 bits per heavy atom. The molecule has 0 bridgehead atoms. The third kappa shape index (κ3) is 4.80. The minimum Gasteiger partial charge on any atom is -0.439 e. The maximum absolute atomic E-state index is 12.9. The fourth-order valence-electron chi connectivity index (χ4n) is 2.61. The highest BCUT2D eigenvalue weighted by Gasteiger charge is 2.30. The Morgan fingerprint density at radius 2 is 1.74 bits per heavy atom. The third-order valence-electron chi connectivity index (χ3n) is 3.91. The van der Waals surface area contributed by atoms with Crippen molar-refractivity contribution in [1.29, 1.82) is 0 Å². The van der Waals surface area contributed by atoms with Gasteiger partial charge >= 0.3 is 12.2 Å². The van der Waals surface area contributed by atoms with Crippen molar-refractivity contribution < 1.29 is 22.3 Å². The largest absolute Gasteiger partial charge is 0.439 e. The third-order valence-corrected chi connectivity index (χ3v) is 3.91. The topological polar surface area (TPSA) is 138 Å². The van der Waals surface area contributed by atoms with E-state index < -0.39 is 11.7 Å². The van der Waals surface area contributed by atoms with Crippen LogP contribution in [0.25, 0.3) is 11.5 Å². The van der Waals surface area contributed by atoms with Crippen LogP contribution in [-0.2, 0) is 6.18 Å². The molecule has 31 heavy (non-hydrogen) atoms. The second kappa shape index (κ2) is 7.82. The van der Waals surface area contributed by atoms with Crippen LogP contribution in [0.2, 0.25) is 0 Å². The highest BCUT2D eigenvalue weighted by molar-refractivity contribution is 5.59. The number of aromatic nitrogens is 4. The molecule has 2 aromatic carbocycles. The Hall–Kier alpha value is -4.35. The highest BCUT2D eigenvalue weighted by atomic mass is 19.4. The highest BCUT2D eigenvalue weighted by Crippen LogP contribution is 2.32. The lowest BCUT2D eigenvalue weighted by molar-refractivity contribution is -0.137. The molecule has 158 valence electrons. The Kier molecular flexibility index (Phi) is 5.03. The van der Waals surface area contributed by atoms with Gasteiger partial charge in [-0.15, -0.1) is 5.10 Å². The summed E-state index contributed by atoms with van der Waals surface area (Å²) < 4.78 is 49.7. The zero-order valence-electron chi connectivity index (χ0n) is 15.6. The number of hydrogen-bond acceptors (Lipinski definition) is 9. The minimum absolute atomic E-state index is 0.0339.